The molecule has 2 unspecified atom stereocenters. The molecule has 0 amide bonds. The molecule has 0 saturated carbocycles. The number of hydrogen-bond donors (Lipinski definition) is 0. The molecule has 3 nitrogen and oxygen atoms in total. The largest absolute Gasteiger partial charge is 0.497 e. The molecule has 0 fully saturated rings. The second-order valence-corrected chi connectivity index (χ2v) is 7.01. The Hall–Kier alpha value is -2.59. The van der Waals surface area contributed by atoms with Gasteiger partial charge in [-0.1, -0.05) is 24.3 Å². The van der Waals surface area contributed by atoms with Crippen LogP contribution in [0.4, 0.5) is 4.39 Å². The summed E-state index contributed by atoms with van der Waals surface area (Å²) in [4.78, 5) is 0. The lowest BCUT2D eigenvalue weighted by Gasteiger charge is -2.34. The number of hydrogen-bond acceptors (Lipinski definition) is 3. The Morgan fingerprint density at radius 2 is 1.73 bits per heavy atom. The molecule has 2 atom stereocenters. The summed E-state index contributed by atoms with van der Waals surface area (Å²) in [7, 11) is 4.91. The summed E-state index contributed by atoms with van der Waals surface area (Å²) in [5.74, 6) is 1.98. The van der Waals surface area contributed by atoms with Gasteiger partial charge in [0.2, 0.25) is 0 Å². The molecule has 1 heterocycles. The van der Waals surface area contributed by atoms with Crippen molar-refractivity contribution in [3.05, 3.63) is 83.9 Å². The zero-order valence-electron chi connectivity index (χ0n) is 18.9. The van der Waals surface area contributed by atoms with Gasteiger partial charge in [0.25, 0.3) is 0 Å². The minimum atomic E-state index is -0.0289. The molecule has 4 rings (SSSR count). The van der Waals surface area contributed by atoms with Crippen LogP contribution in [-0.2, 0) is 22.3 Å². The van der Waals surface area contributed by atoms with Crippen LogP contribution in [0.25, 0.3) is 6.08 Å². The summed E-state index contributed by atoms with van der Waals surface area (Å²) in [6, 6.07) is 4.09. The number of halogens is 1. The lowest BCUT2D eigenvalue weighted by Crippen LogP contribution is -2.32. The summed E-state index contributed by atoms with van der Waals surface area (Å²) in [5.41, 5.74) is 3.40. The highest BCUT2D eigenvalue weighted by atomic mass is 19.1. The fraction of sp³-hybridized carbons (Fsp3) is 0.385. The second-order valence-electron chi connectivity index (χ2n) is 7.01. The van der Waals surface area contributed by atoms with E-state index in [4.69, 9.17) is 9.47 Å². The maximum atomic E-state index is 13.6. The lowest BCUT2D eigenvalue weighted by molar-refractivity contribution is 0.168. The van der Waals surface area contributed by atoms with Crippen LogP contribution in [-0.4, -0.2) is 27.4 Å². The highest BCUT2D eigenvalue weighted by Crippen LogP contribution is 2.40. The molecule has 0 saturated heterocycles. The van der Waals surface area contributed by atoms with Gasteiger partial charge in [0.15, 0.2) is 0 Å². The third-order valence-corrected chi connectivity index (χ3v) is 4.54. The van der Waals surface area contributed by atoms with E-state index in [2.05, 4.69) is 30.0 Å². The highest BCUT2D eigenvalue weighted by Gasteiger charge is 2.31. The van der Waals surface area contributed by atoms with E-state index in [0.29, 0.717) is 12.3 Å². The molecule has 0 bridgehead atoms. The molecular weight excluding hydrogens is 379 g/mol. The van der Waals surface area contributed by atoms with Gasteiger partial charge >= 0.3 is 0 Å². The molecule has 164 valence electrons. The summed E-state index contributed by atoms with van der Waals surface area (Å²) in [5, 5.41) is 0. The number of fused-ring (bicyclic) bond motifs is 4. The van der Waals surface area contributed by atoms with Gasteiger partial charge in [0.1, 0.15) is 23.4 Å². The molecule has 0 aromatic heterocycles. The topological polar surface area (TPSA) is 27.7 Å². The van der Waals surface area contributed by atoms with Gasteiger partial charge in [-0.2, -0.15) is 0 Å². The van der Waals surface area contributed by atoms with Crippen molar-refractivity contribution in [2.45, 2.75) is 39.2 Å². The first kappa shape index (κ1) is 25.4. The third-order valence-electron chi connectivity index (χ3n) is 4.54. The predicted molar refractivity (Wildman–Crippen MR) is 124 cm³/mol. The van der Waals surface area contributed by atoms with Crippen LogP contribution >= 0.6 is 0 Å². The SMILES string of the molecule is C=CC.C=CC.COC.COC1=CC2Oc3ccc4c(c3CC2C=C1)C=C(F)CC4. The van der Waals surface area contributed by atoms with E-state index in [0.717, 1.165) is 35.5 Å². The van der Waals surface area contributed by atoms with Crippen LogP contribution in [0, 0.1) is 5.92 Å². The molecule has 4 heteroatoms. The van der Waals surface area contributed by atoms with Crippen molar-refractivity contribution in [3.8, 4) is 5.75 Å². The molecule has 1 aromatic rings. The molecule has 30 heavy (non-hydrogen) atoms. The monoisotopic (exact) mass is 414 g/mol. The molecule has 3 aliphatic rings. The first-order valence-corrected chi connectivity index (χ1v) is 10.1. The number of ether oxygens (including phenoxy) is 3. The van der Waals surface area contributed by atoms with E-state index in [-0.39, 0.29) is 11.9 Å². The first-order chi connectivity index (χ1) is 14.5. The van der Waals surface area contributed by atoms with Crippen molar-refractivity contribution in [3.63, 3.8) is 0 Å². The van der Waals surface area contributed by atoms with Gasteiger partial charge in [0.05, 0.1) is 7.11 Å². The van der Waals surface area contributed by atoms with Crippen molar-refractivity contribution < 1.29 is 18.6 Å². The van der Waals surface area contributed by atoms with Gasteiger partial charge in [-0.05, 0) is 62.1 Å². The maximum Gasteiger partial charge on any atom is 0.127 e. The molecular formula is C26H35FO3. The van der Waals surface area contributed by atoms with Crippen LogP contribution in [0.2, 0.25) is 0 Å². The molecule has 0 radical (unpaired) electrons. The zero-order chi connectivity index (χ0) is 22.5. The summed E-state index contributed by atoms with van der Waals surface area (Å²) in [6.07, 6.45) is 13.5. The van der Waals surface area contributed by atoms with E-state index >= 15 is 0 Å². The summed E-state index contributed by atoms with van der Waals surface area (Å²) in [6.45, 7) is 10.5. The van der Waals surface area contributed by atoms with E-state index in [9.17, 15) is 4.39 Å². The normalized spacial score (nSPS) is 19.5. The Balaban J connectivity index is 0.000000433. The van der Waals surface area contributed by atoms with E-state index in [1.165, 1.54) is 5.56 Å². The number of allylic oxidation sites excluding steroid dienone is 4. The smallest absolute Gasteiger partial charge is 0.127 e. The standard InChI is InChI=1S/C18H17FO2.2C3H6.C2H6O/c1-20-14-6-3-12-8-16-15-9-13(19)5-2-11(15)4-7-17(16)21-18(12)10-14;3*1-3-2/h3-4,6-7,9-10,12,18H,2,5,8H2,1H3;2*3H,1H2,2H3;1-2H3. The first-order valence-electron chi connectivity index (χ1n) is 10.1. The predicted octanol–water partition coefficient (Wildman–Crippen LogP) is 6.61. The Morgan fingerprint density at radius 1 is 1.10 bits per heavy atom. The van der Waals surface area contributed by atoms with Gasteiger partial charge in [0, 0.05) is 32.1 Å². The van der Waals surface area contributed by atoms with Gasteiger partial charge in [-0.15, -0.1) is 13.2 Å². The average molecular weight is 415 g/mol. The zero-order valence-corrected chi connectivity index (χ0v) is 18.9. The number of rotatable bonds is 1. The summed E-state index contributed by atoms with van der Waals surface area (Å²) < 4.78 is 29.3. The fourth-order valence-corrected chi connectivity index (χ4v) is 3.39. The van der Waals surface area contributed by atoms with Crippen LogP contribution in [0.5, 0.6) is 5.75 Å². The van der Waals surface area contributed by atoms with Crippen molar-refractivity contribution in [1.82, 2.24) is 0 Å². The Kier molecular flexibility index (Phi) is 11.5. The Morgan fingerprint density at radius 3 is 2.33 bits per heavy atom. The molecule has 2 aliphatic carbocycles. The van der Waals surface area contributed by atoms with Crippen LogP contribution < -0.4 is 4.74 Å². The second kappa shape index (κ2) is 13.6. The van der Waals surface area contributed by atoms with Crippen molar-refractivity contribution in [2.24, 2.45) is 5.92 Å². The summed E-state index contributed by atoms with van der Waals surface area (Å²) >= 11 is 0. The maximum absolute atomic E-state index is 13.6. The Labute approximate surface area is 181 Å². The van der Waals surface area contributed by atoms with E-state index in [1.54, 1.807) is 39.6 Å². The number of methoxy groups -OCH3 is 2. The molecule has 0 spiro atoms. The number of benzene rings is 1. The van der Waals surface area contributed by atoms with Gasteiger partial charge in [-0.3, -0.25) is 0 Å². The van der Waals surface area contributed by atoms with Crippen LogP contribution in [0.1, 0.15) is 37.0 Å². The van der Waals surface area contributed by atoms with Gasteiger partial charge < -0.3 is 14.2 Å². The quantitative estimate of drug-likeness (QED) is 0.484. The van der Waals surface area contributed by atoms with Crippen molar-refractivity contribution in [1.29, 1.82) is 0 Å². The molecule has 0 N–H and O–H groups in total. The van der Waals surface area contributed by atoms with Crippen molar-refractivity contribution >= 4 is 6.08 Å². The fourth-order valence-electron chi connectivity index (χ4n) is 3.39. The number of aryl methyl sites for hydroxylation is 1. The van der Waals surface area contributed by atoms with E-state index in [1.807, 2.05) is 32.1 Å². The van der Waals surface area contributed by atoms with E-state index < -0.39 is 0 Å². The highest BCUT2D eigenvalue weighted by molar-refractivity contribution is 5.66. The lowest BCUT2D eigenvalue weighted by atomic mass is 9.82. The Bertz CT molecular complexity index is 784. The third kappa shape index (κ3) is 7.03. The average Bonchev–Trinajstić information content (AvgIpc) is 2.73. The minimum absolute atomic E-state index is 0.00733. The molecule has 1 aromatic carbocycles. The van der Waals surface area contributed by atoms with Crippen LogP contribution in [0.3, 0.4) is 0 Å². The van der Waals surface area contributed by atoms with Gasteiger partial charge in [-0.25, -0.2) is 4.39 Å². The molecule has 1 aliphatic heterocycles. The minimum Gasteiger partial charge on any atom is -0.497 e. The van der Waals surface area contributed by atoms with Crippen molar-refractivity contribution in [2.75, 3.05) is 21.3 Å². The van der Waals surface area contributed by atoms with Crippen LogP contribution in [0.15, 0.2) is 67.3 Å².